The van der Waals surface area contributed by atoms with Gasteiger partial charge in [-0.05, 0) is 55.1 Å². The first kappa shape index (κ1) is 20.9. The first-order chi connectivity index (χ1) is 13.0. The van der Waals surface area contributed by atoms with Crippen molar-refractivity contribution in [3.8, 4) is 0 Å². The topological polar surface area (TPSA) is 85.2 Å². The zero-order valence-corrected chi connectivity index (χ0v) is 16.1. The summed E-state index contributed by atoms with van der Waals surface area (Å²) in [5, 5.41) is 14.4. The van der Waals surface area contributed by atoms with Gasteiger partial charge in [0, 0.05) is 26.6 Å². The normalized spacial score (nSPS) is 12.3. The summed E-state index contributed by atoms with van der Waals surface area (Å²) < 4.78 is 19.7. The number of nitrogens with zero attached hydrogens (tertiary/aromatic N) is 5. The van der Waals surface area contributed by atoms with Gasteiger partial charge in [0.15, 0.2) is 0 Å². The second-order valence-electron chi connectivity index (χ2n) is 6.46. The van der Waals surface area contributed by atoms with E-state index in [-0.39, 0.29) is 11.7 Å². The number of rotatable bonds is 11. The van der Waals surface area contributed by atoms with Crippen molar-refractivity contribution in [1.29, 1.82) is 0 Å². The van der Waals surface area contributed by atoms with E-state index in [0.717, 1.165) is 25.1 Å². The van der Waals surface area contributed by atoms with Crippen LogP contribution in [-0.4, -0.2) is 71.4 Å². The molecule has 1 atom stereocenters. The summed E-state index contributed by atoms with van der Waals surface area (Å²) in [6.45, 7) is 4.69. The molecule has 0 fully saturated rings. The Morgan fingerprint density at radius 2 is 2.07 bits per heavy atom. The molecule has 0 bridgehead atoms. The number of carbonyl (C=O) groups is 1. The first-order valence-corrected chi connectivity index (χ1v) is 8.95. The van der Waals surface area contributed by atoms with Crippen molar-refractivity contribution < 1.29 is 13.9 Å². The summed E-state index contributed by atoms with van der Waals surface area (Å²) in [4.78, 5) is 14.9. The van der Waals surface area contributed by atoms with Crippen molar-refractivity contribution in [2.75, 3.05) is 40.4 Å². The lowest BCUT2D eigenvalue weighted by Crippen LogP contribution is -2.36. The van der Waals surface area contributed by atoms with Crippen LogP contribution in [0.15, 0.2) is 24.3 Å². The SMILES string of the molecule is COCCN(C)CCCNC(=O)C(Cc1ccc(F)cc1)n1nnnc1C. The highest BCUT2D eigenvalue weighted by atomic mass is 19.1. The molecular weight excluding hydrogens is 351 g/mol. The highest BCUT2D eigenvalue weighted by molar-refractivity contribution is 5.80. The van der Waals surface area contributed by atoms with Crippen LogP contribution in [0.4, 0.5) is 4.39 Å². The van der Waals surface area contributed by atoms with Crippen LogP contribution in [0.5, 0.6) is 0 Å². The van der Waals surface area contributed by atoms with Gasteiger partial charge in [-0.1, -0.05) is 12.1 Å². The molecule has 1 N–H and O–H groups in total. The van der Waals surface area contributed by atoms with Crippen LogP contribution >= 0.6 is 0 Å². The van der Waals surface area contributed by atoms with E-state index in [1.807, 2.05) is 7.05 Å². The molecule has 148 valence electrons. The summed E-state index contributed by atoms with van der Waals surface area (Å²) in [5.74, 6) is 0.0850. The van der Waals surface area contributed by atoms with Crippen molar-refractivity contribution in [2.45, 2.75) is 25.8 Å². The van der Waals surface area contributed by atoms with Gasteiger partial charge in [0.2, 0.25) is 5.91 Å². The lowest BCUT2D eigenvalue weighted by molar-refractivity contribution is -0.124. The van der Waals surface area contributed by atoms with Gasteiger partial charge in [0.1, 0.15) is 17.7 Å². The highest BCUT2D eigenvalue weighted by Crippen LogP contribution is 2.15. The Morgan fingerprint density at radius 1 is 1.33 bits per heavy atom. The third kappa shape index (κ3) is 6.69. The first-order valence-electron chi connectivity index (χ1n) is 8.95. The minimum absolute atomic E-state index is 0.158. The average molecular weight is 378 g/mol. The second kappa shape index (κ2) is 10.7. The van der Waals surface area contributed by atoms with Crippen LogP contribution in [0.3, 0.4) is 0 Å². The lowest BCUT2D eigenvalue weighted by Gasteiger charge is -2.19. The van der Waals surface area contributed by atoms with Crippen molar-refractivity contribution >= 4 is 5.91 Å². The summed E-state index contributed by atoms with van der Waals surface area (Å²) in [5.41, 5.74) is 0.839. The molecule has 0 saturated heterocycles. The molecule has 2 rings (SSSR count). The minimum atomic E-state index is -0.586. The summed E-state index contributed by atoms with van der Waals surface area (Å²) in [6.07, 6.45) is 1.20. The van der Waals surface area contributed by atoms with E-state index in [2.05, 4.69) is 25.7 Å². The monoisotopic (exact) mass is 378 g/mol. The van der Waals surface area contributed by atoms with Gasteiger partial charge < -0.3 is 15.0 Å². The fourth-order valence-corrected chi connectivity index (χ4v) is 2.70. The molecule has 8 nitrogen and oxygen atoms in total. The smallest absolute Gasteiger partial charge is 0.245 e. The maximum absolute atomic E-state index is 13.1. The Bertz CT molecular complexity index is 706. The van der Waals surface area contributed by atoms with Crippen LogP contribution in [0, 0.1) is 12.7 Å². The quantitative estimate of drug-likeness (QED) is 0.587. The van der Waals surface area contributed by atoms with Gasteiger partial charge in [-0.2, -0.15) is 0 Å². The number of methoxy groups -OCH3 is 1. The van der Waals surface area contributed by atoms with Crippen LogP contribution in [0.1, 0.15) is 23.9 Å². The molecule has 0 aliphatic carbocycles. The number of aryl methyl sites for hydroxylation is 1. The molecule has 0 aliphatic heterocycles. The number of carbonyl (C=O) groups excluding carboxylic acids is 1. The lowest BCUT2D eigenvalue weighted by atomic mass is 10.1. The molecule has 1 aromatic heterocycles. The zero-order chi connectivity index (χ0) is 19.6. The number of halogens is 1. The maximum atomic E-state index is 13.1. The number of nitrogens with one attached hydrogen (secondary N) is 1. The van der Waals surface area contributed by atoms with E-state index in [0.29, 0.717) is 25.4 Å². The van der Waals surface area contributed by atoms with E-state index < -0.39 is 6.04 Å². The van der Waals surface area contributed by atoms with Gasteiger partial charge in [-0.25, -0.2) is 9.07 Å². The summed E-state index contributed by atoms with van der Waals surface area (Å²) in [6, 6.07) is 5.51. The molecule has 0 radical (unpaired) electrons. The fourth-order valence-electron chi connectivity index (χ4n) is 2.70. The number of benzene rings is 1. The molecule has 1 aromatic carbocycles. The van der Waals surface area contributed by atoms with Crippen LogP contribution in [-0.2, 0) is 16.0 Å². The average Bonchev–Trinajstić information content (AvgIpc) is 3.08. The van der Waals surface area contributed by atoms with Crippen molar-refractivity contribution in [3.63, 3.8) is 0 Å². The highest BCUT2D eigenvalue weighted by Gasteiger charge is 2.24. The Balaban J connectivity index is 1.93. The number of likely N-dealkylation sites (N-methyl/N-ethyl adjacent to an activating group) is 1. The number of ether oxygens (including phenoxy) is 1. The van der Waals surface area contributed by atoms with Gasteiger partial charge >= 0.3 is 0 Å². The summed E-state index contributed by atoms with van der Waals surface area (Å²) in [7, 11) is 3.69. The zero-order valence-electron chi connectivity index (χ0n) is 16.1. The number of aromatic nitrogens is 4. The summed E-state index contributed by atoms with van der Waals surface area (Å²) >= 11 is 0. The van der Waals surface area contributed by atoms with Crippen LogP contribution in [0.25, 0.3) is 0 Å². The largest absolute Gasteiger partial charge is 0.383 e. The van der Waals surface area contributed by atoms with E-state index in [1.165, 1.54) is 16.8 Å². The molecule has 0 spiro atoms. The number of hydrogen-bond donors (Lipinski definition) is 1. The maximum Gasteiger partial charge on any atom is 0.245 e. The van der Waals surface area contributed by atoms with Crippen molar-refractivity contribution in [3.05, 3.63) is 41.5 Å². The number of tetrazole rings is 1. The van der Waals surface area contributed by atoms with E-state index in [9.17, 15) is 9.18 Å². The Hall–Kier alpha value is -2.39. The van der Waals surface area contributed by atoms with Gasteiger partial charge in [0.05, 0.1) is 6.61 Å². The number of amides is 1. The van der Waals surface area contributed by atoms with E-state index in [1.54, 1.807) is 26.2 Å². The minimum Gasteiger partial charge on any atom is -0.383 e. The molecule has 1 unspecified atom stereocenters. The standard InChI is InChI=1S/C18H27FN6O2/c1-14-21-22-23-25(14)17(13-15-5-7-16(19)8-6-15)18(26)20-9-4-10-24(2)11-12-27-3/h5-8,17H,4,9-13H2,1-3H3,(H,20,26). The van der Waals surface area contributed by atoms with Crippen molar-refractivity contribution in [2.24, 2.45) is 0 Å². The molecule has 1 amide bonds. The van der Waals surface area contributed by atoms with E-state index in [4.69, 9.17) is 4.74 Å². The Labute approximate surface area is 158 Å². The molecule has 27 heavy (non-hydrogen) atoms. The third-order valence-corrected chi connectivity index (χ3v) is 4.29. The second-order valence-corrected chi connectivity index (χ2v) is 6.46. The van der Waals surface area contributed by atoms with E-state index >= 15 is 0 Å². The third-order valence-electron chi connectivity index (χ3n) is 4.29. The molecule has 0 aliphatic rings. The predicted molar refractivity (Wildman–Crippen MR) is 98.7 cm³/mol. The number of hydrogen-bond acceptors (Lipinski definition) is 6. The van der Waals surface area contributed by atoms with Gasteiger partial charge in [-0.3, -0.25) is 4.79 Å². The molecule has 0 saturated carbocycles. The predicted octanol–water partition coefficient (Wildman–Crippen LogP) is 0.989. The molecule has 9 heteroatoms. The Morgan fingerprint density at radius 3 is 2.70 bits per heavy atom. The van der Waals surface area contributed by atoms with Crippen molar-refractivity contribution in [1.82, 2.24) is 30.4 Å². The Kier molecular flexibility index (Phi) is 8.28. The van der Waals surface area contributed by atoms with Gasteiger partial charge in [-0.15, -0.1) is 5.10 Å². The molecule has 2 aromatic rings. The van der Waals surface area contributed by atoms with Gasteiger partial charge in [0.25, 0.3) is 0 Å². The van der Waals surface area contributed by atoms with Crippen LogP contribution in [0.2, 0.25) is 0 Å². The van der Waals surface area contributed by atoms with Crippen LogP contribution < -0.4 is 5.32 Å². The molecule has 1 heterocycles. The fraction of sp³-hybridized carbons (Fsp3) is 0.556. The molecular formula is C18H27FN6O2.